The first-order chi connectivity index (χ1) is 14.6. The Bertz CT molecular complexity index is 900. The molecule has 2 aromatic rings. The van der Waals surface area contributed by atoms with E-state index in [2.05, 4.69) is 73.9 Å². The van der Waals surface area contributed by atoms with Crippen LogP contribution in [0, 0.1) is 23.7 Å². The van der Waals surface area contributed by atoms with Gasteiger partial charge in [0.15, 0.2) is 0 Å². The van der Waals surface area contributed by atoms with E-state index >= 15 is 0 Å². The van der Waals surface area contributed by atoms with E-state index < -0.39 is 12.2 Å². The smallest absolute Gasteiger partial charge is 0.140 e. The molecule has 0 radical (unpaired) electrons. The van der Waals surface area contributed by atoms with Crippen molar-refractivity contribution in [3.63, 3.8) is 0 Å². The summed E-state index contributed by atoms with van der Waals surface area (Å²) < 4.78 is 0. The van der Waals surface area contributed by atoms with E-state index in [9.17, 15) is 10.2 Å². The van der Waals surface area contributed by atoms with E-state index in [0.29, 0.717) is 0 Å². The van der Waals surface area contributed by atoms with Crippen molar-refractivity contribution in [2.24, 2.45) is 0 Å². The Hall–Kier alpha value is -2.52. The molecule has 2 heteroatoms. The van der Waals surface area contributed by atoms with Crippen LogP contribution in [0.2, 0.25) is 0 Å². The number of unbranched alkanes of at least 4 members (excludes halogenated alkanes) is 2. The van der Waals surface area contributed by atoms with Gasteiger partial charge in [0.1, 0.15) is 12.2 Å². The summed E-state index contributed by atoms with van der Waals surface area (Å²) in [7, 11) is 0. The predicted octanol–water partition coefficient (Wildman–Crippen LogP) is 5.24. The number of hydrogen-bond donors (Lipinski definition) is 2. The van der Waals surface area contributed by atoms with Gasteiger partial charge < -0.3 is 10.2 Å². The van der Waals surface area contributed by atoms with Crippen molar-refractivity contribution in [3.8, 4) is 23.7 Å². The summed E-state index contributed by atoms with van der Waals surface area (Å²) in [4.78, 5) is 0. The molecule has 0 amide bonds. The van der Waals surface area contributed by atoms with Gasteiger partial charge in [-0.25, -0.2) is 0 Å². The van der Waals surface area contributed by atoms with Gasteiger partial charge in [-0.3, -0.25) is 0 Å². The lowest BCUT2D eigenvalue weighted by Gasteiger charge is -2.18. The van der Waals surface area contributed by atoms with Crippen LogP contribution in [0.4, 0.5) is 0 Å². The third-order valence-corrected chi connectivity index (χ3v) is 5.60. The van der Waals surface area contributed by atoms with Crippen molar-refractivity contribution in [1.82, 2.24) is 0 Å². The quantitative estimate of drug-likeness (QED) is 0.689. The lowest BCUT2D eigenvalue weighted by molar-refractivity contribution is 0.235. The van der Waals surface area contributed by atoms with Crippen molar-refractivity contribution in [2.45, 2.75) is 77.4 Å². The lowest BCUT2D eigenvalue weighted by atomic mass is 9.88. The standard InChI is InChI=1S/C28H32O2/c1-3-5-7-9-27(29)25-19-21-11-12-22-14-16-24(18-17-23(25)15-13-21)26(20-22)28(30)10-8-6-4-2/h13-16,19-20,27-30H,3-6,11-12,17-18H2,1-2H3/t27-,28-/m0/s1. The van der Waals surface area contributed by atoms with Crippen LogP contribution in [-0.4, -0.2) is 10.2 Å². The van der Waals surface area contributed by atoms with Crippen LogP contribution in [0.15, 0.2) is 36.4 Å². The fraction of sp³-hybridized carbons (Fsp3) is 0.429. The topological polar surface area (TPSA) is 40.5 Å². The molecule has 0 heterocycles. The zero-order valence-electron chi connectivity index (χ0n) is 18.2. The number of aliphatic hydroxyl groups excluding tert-OH is 2. The molecule has 0 saturated carbocycles. The Morgan fingerprint density at radius 1 is 0.700 bits per heavy atom. The Morgan fingerprint density at radius 3 is 1.53 bits per heavy atom. The van der Waals surface area contributed by atoms with Crippen LogP contribution < -0.4 is 0 Å². The van der Waals surface area contributed by atoms with Crippen molar-refractivity contribution < 1.29 is 10.2 Å². The van der Waals surface area contributed by atoms with Crippen LogP contribution in [0.5, 0.6) is 0 Å². The van der Waals surface area contributed by atoms with Gasteiger partial charge in [-0.05, 0) is 71.9 Å². The monoisotopic (exact) mass is 400 g/mol. The van der Waals surface area contributed by atoms with Gasteiger partial charge in [0.05, 0.1) is 0 Å². The normalized spacial score (nSPS) is 14.5. The fourth-order valence-electron chi connectivity index (χ4n) is 3.87. The summed E-state index contributed by atoms with van der Waals surface area (Å²) in [6, 6.07) is 12.9. The number of aryl methyl sites for hydroxylation is 4. The number of hydrogen-bond acceptors (Lipinski definition) is 2. The first kappa shape index (κ1) is 22.2. The van der Waals surface area contributed by atoms with E-state index in [1.807, 2.05) is 0 Å². The highest BCUT2D eigenvalue weighted by Gasteiger charge is 2.16. The second-order valence-corrected chi connectivity index (χ2v) is 8.01. The minimum absolute atomic E-state index is 0.750. The number of aliphatic hydroxyl groups is 2. The molecule has 0 aromatic heterocycles. The molecule has 2 N–H and O–H groups in total. The molecule has 4 aliphatic rings. The Morgan fingerprint density at radius 2 is 1.13 bits per heavy atom. The largest absolute Gasteiger partial charge is 0.376 e. The third kappa shape index (κ3) is 5.76. The average molecular weight is 401 g/mol. The number of benzene rings is 2. The summed E-state index contributed by atoms with van der Waals surface area (Å²) in [5.74, 6) is 12.2. The number of rotatable bonds is 4. The zero-order chi connectivity index (χ0) is 21.3. The molecule has 0 fully saturated rings. The lowest BCUT2D eigenvalue weighted by Crippen LogP contribution is -2.08. The molecule has 156 valence electrons. The highest BCUT2D eigenvalue weighted by molar-refractivity contribution is 5.42. The molecule has 0 aliphatic heterocycles. The minimum Gasteiger partial charge on any atom is -0.376 e. The average Bonchev–Trinajstić information content (AvgIpc) is 2.75. The first-order valence-corrected chi connectivity index (χ1v) is 11.2. The summed E-state index contributed by atoms with van der Waals surface area (Å²) in [5, 5.41) is 21.4. The Balaban J connectivity index is 1.93. The Labute approximate surface area is 181 Å². The molecule has 0 spiro atoms. The van der Waals surface area contributed by atoms with Gasteiger partial charge in [-0.1, -0.05) is 62.1 Å². The summed E-state index contributed by atoms with van der Waals surface area (Å²) in [5.41, 5.74) is 6.52. The zero-order valence-corrected chi connectivity index (χ0v) is 18.2. The SMILES string of the molecule is CCCC#C[C@H](O)c1cc2ccc1CCc1ccc(cc1[C@@H](O)C#CCCC)CC2. The molecule has 4 bridgehead atoms. The van der Waals surface area contributed by atoms with Gasteiger partial charge in [0.25, 0.3) is 0 Å². The first-order valence-electron chi connectivity index (χ1n) is 11.2. The van der Waals surface area contributed by atoms with Gasteiger partial charge in [-0.15, -0.1) is 11.8 Å². The van der Waals surface area contributed by atoms with Gasteiger partial charge in [-0.2, -0.15) is 0 Å². The molecule has 30 heavy (non-hydrogen) atoms. The van der Waals surface area contributed by atoms with Crippen LogP contribution in [0.25, 0.3) is 0 Å². The summed E-state index contributed by atoms with van der Waals surface area (Å²) in [6.45, 7) is 4.18. The molecule has 2 nitrogen and oxygen atoms in total. The fourth-order valence-corrected chi connectivity index (χ4v) is 3.87. The van der Waals surface area contributed by atoms with Crippen LogP contribution in [0.1, 0.15) is 85.1 Å². The second-order valence-electron chi connectivity index (χ2n) is 8.01. The molecule has 0 unspecified atom stereocenters. The van der Waals surface area contributed by atoms with Gasteiger partial charge >= 0.3 is 0 Å². The van der Waals surface area contributed by atoms with Crippen molar-refractivity contribution in [1.29, 1.82) is 0 Å². The minimum atomic E-state index is -0.750. The van der Waals surface area contributed by atoms with Crippen molar-refractivity contribution in [3.05, 3.63) is 69.8 Å². The maximum atomic E-state index is 10.7. The van der Waals surface area contributed by atoms with Crippen molar-refractivity contribution in [2.75, 3.05) is 0 Å². The molecule has 0 saturated heterocycles. The van der Waals surface area contributed by atoms with E-state index in [0.717, 1.165) is 73.6 Å². The maximum absolute atomic E-state index is 10.7. The summed E-state index contributed by atoms with van der Waals surface area (Å²) in [6.07, 6.45) is 5.46. The van der Waals surface area contributed by atoms with Gasteiger partial charge in [0, 0.05) is 12.8 Å². The third-order valence-electron chi connectivity index (χ3n) is 5.60. The molecule has 4 aliphatic carbocycles. The summed E-state index contributed by atoms with van der Waals surface area (Å²) >= 11 is 0. The van der Waals surface area contributed by atoms with Crippen LogP contribution in [0.3, 0.4) is 0 Å². The van der Waals surface area contributed by atoms with E-state index in [4.69, 9.17) is 0 Å². The van der Waals surface area contributed by atoms with Gasteiger partial charge in [0.2, 0.25) is 0 Å². The van der Waals surface area contributed by atoms with Crippen molar-refractivity contribution >= 4 is 0 Å². The molecular weight excluding hydrogens is 368 g/mol. The molecule has 6 rings (SSSR count). The molecule has 2 aromatic carbocycles. The second kappa shape index (κ2) is 11.0. The van der Waals surface area contributed by atoms with E-state index in [1.165, 1.54) is 11.1 Å². The maximum Gasteiger partial charge on any atom is 0.140 e. The van der Waals surface area contributed by atoms with E-state index in [-0.39, 0.29) is 0 Å². The van der Waals surface area contributed by atoms with Crippen LogP contribution in [-0.2, 0) is 25.7 Å². The predicted molar refractivity (Wildman–Crippen MR) is 123 cm³/mol. The highest BCUT2D eigenvalue weighted by atomic mass is 16.3. The molecule has 2 atom stereocenters. The molecular formula is C28H32O2. The highest BCUT2D eigenvalue weighted by Crippen LogP contribution is 2.27. The van der Waals surface area contributed by atoms with Crippen LogP contribution >= 0.6 is 0 Å². The Kier molecular flexibility index (Phi) is 8.15. The van der Waals surface area contributed by atoms with E-state index in [1.54, 1.807) is 0 Å².